The zero-order chi connectivity index (χ0) is 12.3. The largest absolute Gasteiger partial charge is 0.207 e. The van der Waals surface area contributed by atoms with Crippen molar-refractivity contribution in [2.45, 2.75) is 0 Å². The van der Waals surface area contributed by atoms with E-state index >= 15 is 0 Å². The molecule has 0 saturated heterocycles. The van der Waals surface area contributed by atoms with Gasteiger partial charge in [0.15, 0.2) is 24.8 Å². The van der Waals surface area contributed by atoms with E-state index in [-0.39, 0.29) is 0 Å². The van der Waals surface area contributed by atoms with E-state index in [1.807, 2.05) is 0 Å². The minimum Gasteiger partial charge on any atom is -0.207 e. The van der Waals surface area contributed by atoms with E-state index in [0.717, 1.165) is 0 Å². The van der Waals surface area contributed by atoms with Gasteiger partial charge >= 0.3 is 0 Å². The first-order valence-corrected chi connectivity index (χ1v) is 6.15. The van der Waals surface area contributed by atoms with E-state index in [4.69, 9.17) is 0 Å². The van der Waals surface area contributed by atoms with Gasteiger partial charge < -0.3 is 0 Å². The highest BCUT2D eigenvalue weighted by Crippen LogP contribution is 2.32. The maximum atomic E-state index is 2.21. The highest BCUT2D eigenvalue weighted by atomic mass is 14.9. The number of rotatable bonds is 0. The first kappa shape index (κ1) is 9.77. The standard InChI is InChI=1S/C16H14N2/c1-17-7-11-3-5-13-9-18(2)10-14-6-4-12(8-17)15(11)16(13)14/h3-10H,1-2H3/q+2. The van der Waals surface area contributed by atoms with Crippen molar-refractivity contribution >= 4 is 32.3 Å². The Bertz CT molecular complexity index is 752. The fraction of sp³-hybridized carbons (Fsp3) is 0.125. The van der Waals surface area contributed by atoms with E-state index in [1.54, 1.807) is 0 Å². The highest BCUT2D eigenvalue weighted by Gasteiger charge is 2.13. The lowest BCUT2D eigenvalue weighted by atomic mass is 9.97. The maximum Gasteiger partial charge on any atom is 0.176 e. The average Bonchev–Trinajstić information content (AvgIpc) is 2.34. The lowest BCUT2D eigenvalue weighted by Crippen LogP contribution is -2.27. The molecule has 2 aromatic carbocycles. The summed E-state index contributed by atoms with van der Waals surface area (Å²) in [6, 6.07) is 8.85. The molecule has 0 amide bonds. The van der Waals surface area contributed by atoms with Crippen molar-refractivity contribution in [2.24, 2.45) is 14.1 Å². The fourth-order valence-corrected chi connectivity index (χ4v) is 2.99. The molecule has 0 radical (unpaired) electrons. The Morgan fingerprint density at radius 2 is 0.833 bits per heavy atom. The van der Waals surface area contributed by atoms with Crippen molar-refractivity contribution in [3.05, 3.63) is 49.1 Å². The second kappa shape index (κ2) is 3.16. The monoisotopic (exact) mass is 234 g/mol. The molecule has 86 valence electrons. The normalized spacial score (nSPS) is 11.9. The molecule has 2 aromatic heterocycles. The molecule has 0 atom stereocenters. The number of aromatic nitrogens is 2. The Labute approximate surface area is 105 Å². The Hall–Kier alpha value is -2.22. The molecule has 0 saturated carbocycles. The zero-order valence-corrected chi connectivity index (χ0v) is 10.5. The molecule has 0 spiro atoms. The van der Waals surface area contributed by atoms with Gasteiger partial charge in [0.1, 0.15) is 14.1 Å². The van der Waals surface area contributed by atoms with E-state index < -0.39 is 0 Å². The summed E-state index contributed by atoms with van der Waals surface area (Å²) in [6.07, 6.45) is 8.75. The quantitative estimate of drug-likeness (QED) is 0.325. The van der Waals surface area contributed by atoms with Gasteiger partial charge in [-0.25, -0.2) is 9.13 Å². The summed E-state index contributed by atoms with van der Waals surface area (Å²) in [5.74, 6) is 0. The molecule has 0 aliphatic heterocycles. The van der Waals surface area contributed by atoms with Crippen LogP contribution in [0.5, 0.6) is 0 Å². The summed E-state index contributed by atoms with van der Waals surface area (Å²) in [5, 5.41) is 7.99. The van der Waals surface area contributed by atoms with E-state index in [1.165, 1.54) is 32.3 Å². The third-order valence-corrected chi connectivity index (χ3v) is 3.66. The van der Waals surface area contributed by atoms with Gasteiger partial charge in [-0.05, 0) is 24.3 Å². The zero-order valence-electron chi connectivity index (χ0n) is 10.5. The molecule has 4 rings (SSSR count). The minimum absolute atomic E-state index is 1.31. The van der Waals surface area contributed by atoms with Gasteiger partial charge in [0.2, 0.25) is 0 Å². The molecule has 2 heterocycles. The Morgan fingerprint density at radius 1 is 0.556 bits per heavy atom. The molecule has 0 aliphatic carbocycles. The molecule has 2 heteroatoms. The van der Waals surface area contributed by atoms with Crippen LogP contribution >= 0.6 is 0 Å². The second-order valence-electron chi connectivity index (χ2n) is 5.09. The van der Waals surface area contributed by atoms with Crippen LogP contribution in [0.25, 0.3) is 32.3 Å². The smallest absolute Gasteiger partial charge is 0.176 e. The molecule has 0 fully saturated rings. The molecule has 0 unspecified atom stereocenters. The predicted molar refractivity (Wildman–Crippen MR) is 72.5 cm³/mol. The van der Waals surface area contributed by atoms with E-state index in [9.17, 15) is 0 Å². The Balaban J connectivity index is 2.41. The van der Waals surface area contributed by atoms with Crippen molar-refractivity contribution in [1.82, 2.24) is 0 Å². The summed E-state index contributed by atoms with van der Waals surface area (Å²) >= 11 is 0. The fourth-order valence-electron chi connectivity index (χ4n) is 2.99. The van der Waals surface area contributed by atoms with Crippen LogP contribution in [0.15, 0.2) is 49.1 Å². The molecule has 18 heavy (non-hydrogen) atoms. The summed E-state index contributed by atoms with van der Waals surface area (Å²) in [5.41, 5.74) is 0. The van der Waals surface area contributed by atoms with Crippen molar-refractivity contribution in [1.29, 1.82) is 0 Å². The van der Waals surface area contributed by atoms with Crippen LogP contribution in [0.3, 0.4) is 0 Å². The molecule has 4 aromatic rings. The molecular formula is C16H14N2+2. The lowest BCUT2D eigenvalue weighted by molar-refractivity contribution is -0.669. The predicted octanol–water partition coefficient (Wildman–Crippen LogP) is 2.23. The van der Waals surface area contributed by atoms with E-state index in [2.05, 4.69) is 72.3 Å². The van der Waals surface area contributed by atoms with Crippen molar-refractivity contribution in [2.75, 3.05) is 0 Å². The summed E-state index contributed by atoms with van der Waals surface area (Å²) in [4.78, 5) is 0. The number of pyridine rings is 2. The number of hydrogen-bond donors (Lipinski definition) is 0. The number of benzene rings is 2. The number of hydrogen-bond acceptors (Lipinski definition) is 0. The van der Waals surface area contributed by atoms with Crippen molar-refractivity contribution in [3.8, 4) is 0 Å². The molecule has 2 nitrogen and oxygen atoms in total. The van der Waals surface area contributed by atoms with Crippen LogP contribution in [0.4, 0.5) is 0 Å². The van der Waals surface area contributed by atoms with Gasteiger partial charge in [-0.1, -0.05) is 0 Å². The van der Waals surface area contributed by atoms with Gasteiger partial charge in [-0.15, -0.1) is 0 Å². The second-order valence-corrected chi connectivity index (χ2v) is 5.09. The number of nitrogens with zero attached hydrogens (tertiary/aromatic N) is 2. The van der Waals surface area contributed by atoms with E-state index in [0.29, 0.717) is 0 Å². The molecule has 0 bridgehead atoms. The summed E-state index contributed by atoms with van der Waals surface area (Å²) in [7, 11) is 4.16. The van der Waals surface area contributed by atoms with Crippen LogP contribution in [0.1, 0.15) is 0 Å². The minimum atomic E-state index is 1.31. The van der Waals surface area contributed by atoms with Crippen LogP contribution in [0, 0.1) is 0 Å². The topological polar surface area (TPSA) is 7.76 Å². The number of aryl methyl sites for hydroxylation is 2. The van der Waals surface area contributed by atoms with Gasteiger partial charge in [0, 0.05) is 32.3 Å². The first-order valence-electron chi connectivity index (χ1n) is 6.15. The summed E-state index contributed by atoms with van der Waals surface area (Å²) in [6.45, 7) is 0. The van der Waals surface area contributed by atoms with Crippen LogP contribution in [0.2, 0.25) is 0 Å². The van der Waals surface area contributed by atoms with Crippen LogP contribution < -0.4 is 9.13 Å². The third kappa shape index (κ3) is 1.17. The summed E-state index contributed by atoms with van der Waals surface area (Å²) < 4.78 is 4.25. The van der Waals surface area contributed by atoms with Gasteiger partial charge in [-0.3, -0.25) is 0 Å². The highest BCUT2D eigenvalue weighted by molar-refractivity contribution is 6.21. The first-order chi connectivity index (χ1) is 8.72. The lowest BCUT2D eigenvalue weighted by Gasteiger charge is -2.07. The molecule has 0 aliphatic rings. The Kier molecular flexibility index (Phi) is 1.72. The third-order valence-electron chi connectivity index (χ3n) is 3.66. The van der Waals surface area contributed by atoms with Gasteiger partial charge in [0.05, 0.1) is 0 Å². The maximum absolute atomic E-state index is 2.21. The Morgan fingerprint density at radius 3 is 1.11 bits per heavy atom. The van der Waals surface area contributed by atoms with Gasteiger partial charge in [0.25, 0.3) is 0 Å². The van der Waals surface area contributed by atoms with Gasteiger partial charge in [-0.2, -0.15) is 0 Å². The molecule has 0 N–H and O–H groups in total. The molecular weight excluding hydrogens is 220 g/mol. The average molecular weight is 234 g/mol. The SMILES string of the molecule is C[n+]1cc2ccc3c[n+](C)cc4ccc(c1)c2c34. The van der Waals surface area contributed by atoms with Crippen molar-refractivity contribution in [3.63, 3.8) is 0 Å². The van der Waals surface area contributed by atoms with Crippen LogP contribution in [-0.2, 0) is 14.1 Å². The van der Waals surface area contributed by atoms with Crippen LogP contribution in [-0.4, -0.2) is 0 Å². The van der Waals surface area contributed by atoms with Crippen molar-refractivity contribution < 1.29 is 9.13 Å².